The van der Waals surface area contributed by atoms with Gasteiger partial charge in [0.1, 0.15) is 0 Å². The van der Waals surface area contributed by atoms with Crippen LogP contribution in [0.15, 0.2) is 0 Å². The van der Waals surface area contributed by atoms with Crippen molar-refractivity contribution in [2.45, 2.75) is 51.4 Å². The molecule has 0 aromatic heterocycles. The highest BCUT2D eigenvalue weighted by molar-refractivity contribution is 4.64. The van der Waals surface area contributed by atoms with E-state index in [2.05, 4.69) is 0 Å². The Labute approximate surface area is 69.2 Å². The van der Waals surface area contributed by atoms with Crippen molar-refractivity contribution in [3.63, 3.8) is 0 Å². The third-order valence-corrected chi connectivity index (χ3v) is 2.72. The molecule has 1 aliphatic carbocycles. The zero-order valence-corrected chi connectivity index (χ0v) is 7.32. The van der Waals surface area contributed by atoms with Crippen LogP contribution >= 0.6 is 0 Å². The number of halogens is 1. The van der Waals surface area contributed by atoms with E-state index in [0.717, 1.165) is 18.8 Å². The monoisotopic (exact) mass is 158 g/mol. The van der Waals surface area contributed by atoms with Crippen molar-refractivity contribution >= 4 is 0 Å². The highest BCUT2D eigenvalue weighted by Crippen LogP contribution is 2.26. The highest BCUT2D eigenvalue weighted by atomic mass is 19.1. The Bertz CT molecular complexity index is 82.9. The number of hydrogen-bond acceptors (Lipinski definition) is 0. The molecule has 0 nitrogen and oxygen atoms in total. The van der Waals surface area contributed by atoms with Crippen molar-refractivity contribution < 1.29 is 4.39 Å². The molecule has 0 atom stereocenters. The van der Waals surface area contributed by atoms with Gasteiger partial charge in [0.15, 0.2) is 0 Å². The fourth-order valence-electron chi connectivity index (χ4n) is 2.02. The molecular weight excluding hydrogens is 139 g/mol. The Morgan fingerprint density at radius 2 is 1.64 bits per heavy atom. The molecule has 0 N–H and O–H groups in total. The lowest BCUT2D eigenvalue weighted by Gasteiger charge is -2.11. The van der Waals surface area contributed by atoms with E-state index in [1.807, 2.05) is 0 Å². The lowest BCUT2D eigenvalue weighted by molar-refractivity contribution is 0.374. The van der Waals surface area contributed by atoms with Crippen molar-refractivity contribution in [1.82, 2.24) is 0 Å². The largest absolute Gasteiger partial charge is 0.251 e. The quantitative estimate of drug-likeness (QED) is 0.549. The van der Waals surface area contributed by atoms with Crippen LogP contribution in [0, 0.1) is 5.92 Å². The molecule has 66 valence electrons. The zero-order chi connectivity index (χ0) is 7.94. The SMILES string of the molecule is FCCCC1CCCCCC1. The Hall–Kier alpha value is -0.0700. The summed E-state index contributed by atoms with van der Waals surface area (Å²) in [5.41, 5.74) is 0. The summed E-state index contributed by atoms with van der Waals surface area (Å²) in [5.74, 6) is 0.855. The first-order valence-electron chi connectivity index (χ1n) is 4.99. The van der Waals surface area contributed by atoms with Crippen LogP contribution < -0.4 is 0 Å². The van der Waals surface area contributed by atoms with E-state index in [1.165, 1.54) is 38.5 Å². The highest BCUT2D eigenvalue weighted by Gasteiger charge is 2.10. The second-order valence-electron chi connectivity index (χ2n) is 3.69. The molecule has 0 spiro atoms. The summed E-state index contributed by atoms with van der Waals surface area (Å²) in [6.07, 6.45) is 10.2. The standard InChI is InChI=1S/C10H19F/c11-9-5-8-10-6-3-1-2-4-7-10/h10H,1-9H2. The molecule has 1 rings (SSSR count). The van der Waals surface area contributed by atoms with Gasteiger partial charge in [0.05, 0.1) is 6.67 Å². The summed E-state index contributed by atoms with van der Waals surface area (Å²) >= 11 is 0. The molecule has 0 bridgehead atoms. The van der Waals surface area contributed by atoms with Crippen LogP contribution in [0.5, 0.6) is 0 Å². The molecule has 11 heavy (non-hydrogen) atoms. The van der Waals surface area contributed by atoms with Gasteiger partial charge >= 0.3 is 0 Å². The van der Waals surface area contributed by atoms with Crippen LogP contribution in [0.25, 0.3) is 0 Å². The maximum atomic E-state index is 11.8. The van der Waals surface area contributed by atoms with Crippen molar-refractivity contribution in [2.24, 2.45) is 5.92 Å². The lowest BCUT2D eigenvalue weighted by atomic mass is 9.95. The van der Waals surface area contributed by atoms with Gasteiger partial charge in [-0.25, -0.2) is 0 Å². The van der Waals surface area contributed by atoms with E-state index in [9.17, 15) is 4.39 Å². The first-order chi connectivity index (χ1) is 5.43. The van der Waals surface area contributed by atoms with E-state index in [0.29, 0.717) is 0 Å². The van der Waals surface area contributed by atoms with Gasteiger partial charge in [0.25, 0.3) is 0 Å². The Morgan fingerprint density at radius 3 is 2.18 bits per heavy atom. The summed E-state index contributed by atoms with van der Waals surface area (Å²) in [6.45, 7) is -0.115. The van der Waals surface area contributed by atoms with Gasteiger partial charge in [-0.15, -0.1) is 0 Å². The van der Waals surface area contributed by atoms with E-state index >= 15 is 0 Å². The lowest BCUT2D eigenvalue weighted by Crippen LogP contribution is -1.98. The van der Waals surface area contributed by atoms with Gasteiger partial charge in [-0.1, -0.05) is 38.5 Å². The predicted octanol–water partition coefficient (Wildman–Crippen LogP) is 3.71. The van der Waals surface area contributed by atoms with Crippen LogP contribution in [-0.2, 0) is 0 Å². The molecule has 0 aromatic rings. The van der Waals surface area contributed by atoms with Gasteiger partial charge in [0, 0.05) is 0 Å². The van der Waals surface area contributed by atoms with E-state index in [4.69, 9.17) is 0 Å². The average molecular weight is 158 g/mol. The van der Waals surface area contributed by atoms with Gasteiger partial charge in [0.2, 0.25) is 0 Å². The fourth-order valence-corrected chi connectivity index (χ4v) is 2.02. The molecular formula is C10H19F. The van der Waals surface area contributed by atoms with Crippen LogP contribution in [0.1, 0.15) is 51.4 Å². The van der Waals surface area contributed by atoms with Crippen LogP contribution in [0.2, 0.25) is 0 Å². The summed E-state index contributed by atoms with van der Waals surface area (Å²) in [5, 5.41) is 0. The molecule has 0 unspecified atom stereocenters. The second-order valence-corrected chi connectivity index (χ2v) is 3.69. The predicted molar refractivity (Wildman–Crippen MR) is 46.4 cm³/mol. The second kappa shape index (κ2) is 5.56. The molecule has 0 aliphatic heterocycles. The van der Waals surface area contributed by atoms with Crippen molar-refractivity contribution in [3.05, 3.63) is 0 Å². The van der Waals surface area contributed by atoms with Gasteiger partial charge < -0.3 is 0 Å². The normalized spacial score (nSPS) is 21.5. The third kappa shape index (κ3) is 3.74. The molecule has 1 aliphatic rings. The number of hydrogen-bond donors (Lipinski definition) is 0. The Balaban J connectivity index is 2.09. The average Bonchev–Trinajstić information content (AvgIpc) is 2.28. The van der Waals surface area contributed by atoms with Crippen molar-refractivity contribution in [3.8, 4) is 0 Å². The molecule has 0 radical (unpaired) electrons. The zero-order valence-electron chi connectivity index (χ0n) is 7.32. The molecule has 0 saturated heterocycles. The minimum atomic E-state index is -0.115. The Morgan fingerprint density at radius 1 is 1.00 bits per heavy atom. The van der Waals surface area contributed by atoms with Crippen LogP contribution in [-0.4, -0.2) is 6.67 Å². The van der Waals surface area contributed by atoms with E-state index in [-0.39, 0.29) is 6.67 Å². The van der Waals surface area contributed by atoms with Crippen molar-refractivity contribution in [1.29, 1.82) is 0 Å². The van der Waals surface area contributed by atoms with Gasteiger partial charge in [-0.3, -0.25) is 4.39 Å². The summed E-state index contributed by atoms with van der Waals surface area (Å²) in [4.78, 5) is 0. The molecule has 1 saturated carbocycles. The molecule has 0 amide bonds. The van der Waals surface area contributed by atoms with Crippen molar-refractivity contribution in [2.75, 3.05) is 6.67 Å². The minimum absolute atomic E-state index is 0.115. The fraction of sp³-hybridized carbons (Fsp3) is 1.00. The molecule has 1 fully saturated rings. The number of rotatable bonds is 3. The first-order valence-corrected chi connectivity index (χ1v) is 4.99. The minimum Gasteiger partial charge on any atom is -0.251 e. The molecule has 0 heterocycles. The van der Waals surface area contributed by atoms with Crippen LogP contribution in [0.3, 0.4) is 0 Å². The number of alkyl halides is 1. The van der Waals surface area contributed by atoms with Gasteiger partial charge in [-0.05, 0) is 18.8 Å². The van der Waals surface area contributed by atoms with Gasteiger partial charge in [-0.2, -0.15) is 0 Å². The summed E-state index contributed by atoms with van der Waals surface area (Å²) < 4.78 is 11.8. The smallest absolute Gasteiger partial charge is 0.0894 e. The Kier molecular flexibility index (Phi) is 4.56. The maximum Gasteiger partial charge on any atom is 0.0894 e. The van der Waals surface area contributed by atoms with Crippen LogP contribution in [0.4, 0.5) is 4.39 Å². The van der Waals surface area contributed by atoms with E-state index < -0.39 is 0 Å². The van der Waals surface area contributed by atoms with E-state index in [1.54, 1.807) is 0 Å². The summed E-state index contributed by atoms with van der Waals surface area (Å²) in [7, 11) is 0. The topological polar surface area (TPSA) is 0 Å². The molecule has 0 aromatic carbocycles. The third-order valence-electron chi connectivity index (χ3n) is 2.72. The maximum absolute atomic E-state index is 11.8. The summed E-state index contributed by atoms with van der Waals surface area (Å²) in [6, 6.07) is 0. The molecule has 1 heteroatoms. The first kappa shape index (κ1) is 9.02.